The fraction of sp³-hybridized carbons (Fsp3) is 0.643. The minimum atomic E-state index is -0.587. The Hall–Kier alpha value is -1.33. The van der Waals surface area contributed by atoms with Crippen molar-refractivity contribution in [2.75, 3.05) is 13.7 Å². The molecule has 1 fully saturated rings. The number of rotatable bonds is 5. The number of furan rings is 1. The molecule has 1 aliphatic rings. The number of nitrogens with one attached hydrogen (secondary N) is 1. The first-order chi connectivity index (χ1) is 9.13. The van der Waals surface area contributed by atoms with Crippen molar-refractivity contribution in [1.29, 1.82) is 0 Å². The molecule has 106 valence electrons. The van der Waals surface area contributed by atoms with Crippen molar-refractivity contribution in [2.45, 2.75) is 44.2 Å². The zero-order valence-corrected chi connectivity index (χ0v) is 11.3. The van der Waals surface area contributed by atoms with Gasteiger partial charge < -0.3 is 19.6 Å². The Kier molecular flexibility index (Phi) is 4.61. The van der Waals surface area contributed by atoms with E-state index in [2.05, 4.69) is 10.1 Å². The lowest BCUT2D eigenvalue weighted by atomic mass is 9.85. The van der Waals surface area contributed by atoms with Crippen molar-refractivity contribution in [1.82, 2.24) is 5.32 Å². The highest BCUT2D eigenvalue weighted by Gasteiger charge is 2.28. The zero-order chi connectivity index (χ0) is 13.7. The fourth-order valence-corrected chi connectivity index (χ4v) is 2.50. The monoisotopic (exact) mass is 267 g/mol. The second-order valence-corrected chi connectivity index (χ2v) is 5.18. The van der Waals surface area contributed by atoms with E-state index in [1.165, 1.54) is 19.8 Å². The summed E-state index contributed by atoms with van der Waals surface area (Å²) in [4.78, 5) is 11.3. The highest BCUT2D eigenvalue weighted by atomic mass is 16.5. The molecule has 0 aliphatic heterocycles. The van der Waals surface area contributed by atoms with Crippen LogP contribution in [0.1, 0.15) is 48.2 Å². The van der Waals surface area contributed by atoms with Gasteiger partial charge in [-0.3, -0.25) is 0 Å². The summed E-state index contributed by atoms with van der Waals surface area (Å²) in [6.45, 7) is 1.06. The van der Waals surface area contributed by atoms with Gasteiger partial charge in [0, 0.05) is 6.54 Å². The first kappa shape index (κ1) is 14.1. The molecule has 19 heavy (non-hydrogen) atoms. The first-order valence-electron chi connectivity index (χ1n) is 6.72. The van der Waals surface area contributed by atoms with Crippen LogP contribution in [-0.2, 0) is 11.3 Å². The van der Waals surface area contributed by atoms with Gasteiger partial charge in [-0.2, -0.15) is 0 Å². The van der Waals surface area contributed by atoms with Crippen LogP contribution in [0.3, 0.4) is 0 Å². The molecule has 0 bridgehead atoms. The molecule has 0 atom stereocenters. The second-order valence-electron chi connectivity index (χ2n) is 5.18. The molecule has 2 rings (SSSR count). The van der Waals surface area contributed by atoms with Crippen LogP contribution in [0.5, 0.6) is 0 Å². The van der Waals surface area contributed by atoms with Crippen molar-refractivity contribution in [2.24, 2.45) is 0 Å². The lowest BCUT2D eigenvalue weighted by Gasteiger charge is -2.32. The summed E-state index contributed by atoms with van der Waals surface area (Å²) in [6, 6.07) is 1.66. The molecule has 5 nitrogen and oxygen atoms in total. The Balaban J connectivity index is 1.79. The minimum absolute atomic E-state index is 0.402. The number of hydrogen-bond acceptors (Lipinski definition) is 5. The van der Waals surface area contributed by atoms with Gasteiger partial charge in [-0.15, -0.1) is 0 Å². The number of aliphatic hydroxyl groups is 1. The highest BCUT2D eigenvalue weighted by Crippen LogP contribution is 2.27. The average molecular weight is 267 g/mol. The number of ether oxygens (including phenoxy) is 1. The molecule has 1 saturated carbocycles. The fourth-order valence-electron chi connectivity index (χ4n) is 2.50. The van der Waals surface area contributed by atoms with E-state index in [1.807, 2.05) is 0 Å². The van der Waals surface area contributed by atoms with E-state index in [4.69, 9.17) is 4.42 Å². The summed E-state index contributed by atoms with van der Waals surface area (Å²) in [5, 5.41) is 13.5. The van der Waals surface area contributed by atoms with Crippen LogP contribution >= 0.6 is 0 Å². The summed E-state index contributed by atoms with van der Waals surface area (Å²) in [7, 11) is 1.34. The van der Waals surface area contributed by atoms with Crippen molar-refractivity contribution in [3.8, 4) is 0 Å². The smallest absolute Gasteiger partial charge is 0.341 e. The number of methoxy groups -OCH3 is 1. The molecular formula is C14H21NO4. The van der Waals surface area contributed by atoms with E-state index in [0.717, 1.165) is 25.7 Å². The zero-order valence-electron chi connectivity index (χ0n) is 11.3. The maximum atomic E-state index is 11.3. The molecule has 0 unspecified atom stereocenters. The van der Waals surface area contributed by atoms with Crippen LogP contribution in [0.15, 0.2) is 16.7 Å². The predicted octanol–water partition coefficient (Wildman–Crippen LogP) is 1.85. The molecule has 5 heteroatoms. The maximum absolute atomic E-state index is 11.3. The average Bonchev–Trinajstić information content (AvgIpc) is 2.87. The topological polar surface area (TPSA) is 71.7 Å². The Labute approximate surface area is 112 Å². The molecule has 2 N–H and O–H groups in total. The lowest BCUT2D eigenvalue weighted by molar-refractivity contribution is 0.00437. The van der Waals surface area contributed by atoms with E-state index < -0.39 is 11.6 Å². The van der Waals surface area contributed by atoms with Crippen LogP contribution in [0.25, 0.3) is 0 Å². The summed E-state index contributed by atoms with van der Waals surface area (Å²) < 4.78 is 9.87. The molecule has 1 aromatic heterocycles. The van der Waals surface area contributed by atoms with Crippen molar-refractivity contribution < 1.29 is 19.1 Å². The highest BCUT2D eigenvalue weighted by molar-refractivity contribution is 5.88. The first-order valence-corrected chi connectivity index (χ1v) is 6.72. The third-order valence-corrected chi connectivity index (χ3v) is 3.61. The maximum Gasteiger partial charge on any atom is 0.341 e. The minimum Gasteiger partial charge on any atom is -0.467 e. The van der Waals surface area contributed by atoms with Gasteiger partial charge in [0.25, 0.3) is 0 Å². The van der Waals surface area contributed by atoms with E-state index >= 15 is 0 Å². The van der Waals surface area contributed by atoms with Gasteiger partial charge in [0.15, 0.2) is 0 Å². The molecule has 0 aromatic carbocycles. The molecule has 1 heterocycles. The molecule has 0 amide bonds. The lowest BCUT2D eigenvalue weighted by Crippen LogP contribution is -2.41. The number of hydrogen-bond donors (Lipinski definition) is 2. The molecule has 1 aliphatic carbocycles. The molecular weight excluding hydrogens is 246 g/mol. The van der Waals surface area contributed by atoms with Gasteiger partial charge in [0.2, 0.25) is 0 Å². The Bertz CT molecular complexity index is 421. The number of carbonyl (C=O) groups excluding carboxylic acids is 1. The molecule has 0 radical (unpaired) electrons. The quantitative estimate of drug-likeness (QED) is 0.797. The van der Waals surface area contributed by atoms with E-state index in [-0.39, 0.29) is 0 Å². The third-order valence-electron chi connectivity index (χ3n) is 3.61. The normalized spacial score (nSPS) is 18.2. The second kappa shape index (κ2) is 6.21. The van der Waals surface area contributed by atoms with Crippen molar-refractivity contribution >= 4 is 5.97 Å². The van der Waals surface area contributed by atoms with Gasteiger partial charge in [0.1, 0.15) is 12.0 Å². The van der Waals surface area contributed by atoms with Crippen LogP contribution in [0.2, 0.25) is 0 Å². The summed E-state index contributed by atoms with van der Waals surface area (Å²) in [6.07, 6.45) is 6.48. The van der Waals surface area contributed by atoms with Crippen LogP contribution in [-0.4, -0.2) is 30.3 Å². The van der Waals surface area contributed by atoms with Gasteiger partial charge in [-0.1, -0.05) is 19.3 Å². The van der Waals surface area contributed by atoms with Gasteiger partial charge >= 0.3 is 5.97 Å². The van der Waals surface area contributed by atoms with Gasteiger partial charge in [0.05, 0.1) is 24.8 Å². The largest absolute Gasteiger partial charge is 0.467 e. The predicted molar refractivity (Wildman–Crippen MR) is 69.8 cm³/mol. The van der Waals surface area contributed by atoms with E-state index in [9.17, 15) is 9.90 Å². The van der Waals surface area contributed by atoms with Crippen LogP contribution in [0, 0.1) is 0 Å². The molecule has 1 aromatic rings. The number of carbonyl (C=O) groups is 1. The van der Waals surface area contributed by atoms with Crippen molar-refractivity contribution in [3.63, 3.8) is 0 Å². The summed E-state index contributed by atoms with van der Waals surface area (Å²) in [5.41, 5.74) is -0.175. The Morgan fingerprint density at radius 3 is 2.89 bits per heavy atom. The Morgan fingerprint density at radius 2 is 2.21 bits per heavy atom. The van der Waals surface area contributed by atoms with Gasteiger partial charge in [-0.25, -0.2) is 4.79 Å². The van der Waals surface area contributed by atoms with Crippen molar-refractivity contribution in [3.05, 3.63) is 23.7 Å². The van der Waals surface area contributed by atoms with E-state index in [0.29, 0.717) is 24.4 Å². The number of esters is 1. The molecule has 0 spiro atoms. The third kappa shape index (κ3) is 3.81. The van der Waals surface area contributed by atoms with Crippen LogP contribution < -0.4 is 5.32 Å². The van der Waals surface area contributed by atoms with E-state index in [1.54, 1.807) is 6.07 Å². The summed E-state index contributed by atoms with van der Waals surface area (Å²) in [5.74, 6) is 0.265. The Morgan fingerprint density at radius 1 is 1.47 bits per heavy atom. The summed E-state index contributed by atoms with van der Waals surface area (Å²) >= 11 is 0. The standard InChI is InChI=1S/C14H21NO4/c1-18-13(16)11-7-12(19-9-11)8-15-10-14(17)5-3-2-4-6-14/h7,9,15,17H,2-6,8,10H2,1H3. The van der Waals surface area contributed by atoms with Gasteiger partial charge in [-0.05, 0) is 18.9 Å². The SMILES string of the molecule is COC(=O)c1coc(CNCC2(O)CCCCC2)c1. The van der Waals surface area contributed by atoms with Crippen LogP contribution in [0.4, 0.5) is 0 Å². The molecule has 0 saturated heterocycles.